The molecular formula is C22H28N2O3. The number of fused-ring (bicyclic) bond motifs is 1. The third-order valence-corrected chi connectivity index (χ3v) is 5.26. The zero-order valence-corrected chi connectivity index (χ0v) is 15.9. The minimum absolute atomic E-state index is 0.00847. The summed E-state index contributed by atoms with van der Waals surface area (Å²) in [7, 11) is 1.66. The maximum absolute atomic E-state index is 12.7. The molecular weight excluding hydrogens is 340 g/mol. The summed E-state index contributed by atoms with van der Waals surface area (Å²) in [6, 6.07) is 14.3. The molecule has 0 bridgehead atoms. The topological polar surface area (TPSA) is 58.6 Å². The molecule has 0 atom stereocenters. The Morgan fingerprint density at radius 3 is 2.63 bits per heavy atom. The van der Waals surface area contributed by atoms with Crippen LogP contribution in [0.3, 0.4) is 0 Å². The van der Waals surface area contributed by atoms with E-state index in [1.54, 1.807) is 7.11 Å². The first kappa shape index (κ1) is 19.4. The molecule has 5 nitrogen and oxygen atoms in total. The minimum Gasteiger partial charge on any atom is -0.385 e. The van der Waals surface area contributed by atoms with Crippen LogP contribution in [0.15, 0.2) is 42.5 Å². The Hall–Kier alpha value is -2.40. The van der Waals surface area contributed by atoms with Gasteiger partial charge in [0.25, 0.3) is 0 Å². The van der Waals surface area contributed by atoms with E-state index in [0.717, 1.165) is 35.6 Å². The number of ether oxygens (including phenoxy) is 1. The Balaban J connectivity index is 1.50. The van der Waals surface area contributed by atoms with Gasteiger partial charge in [0.05, 0.1) is 6.42 Å². The Kier molecular flexibility index (Phi) is 6.82. The molecule has 0 saturated carbocycles. The van der Waals surface area contributed by atoms with Gasteiger partial charge in [-0.1, -0.05) is 42.5 Å². The van der Waals surface area contributed by atoms with Crippen LogP contribution in [0.25, 0.3) is 10.8 Å². The number of hydrogen-bond acceptors (Lipinski definition) is 3. The second-order valence-electron chi connectivity index (χ2n) is 7.11. The first-order valence-electron chi connectivity index (χ1n) is 9.70. The number of nitrogens with zero attached hydrogens (tertiary/aromatic N) is 1. The highest BCUT2D eigenvalue weighted by atomic mass is 16.5. The molecule has 2 aromatic carbocycles. The van der Waals surface area contributed by atoms with Crippen molar-refractivity contribution in [2.75, 3.05) is 33.4 Å². The summed E-state index contributed by atoms with van der Waals surface area (Å²) in [6.45, 7) is 2.60. The summed E-state index contributed by atoms with van der Waals surface area (Å²) < 4.78 is 4.99. The molecule has 3 rings (SSSR count). The van der Waals surface area contributed by atoms with E-state index in [2.05, 4.69) is 23.5 Å². The van der Waals surface area contributed by atoms with Crippen LogP contribution in [-0.2, 0) is 20.7 Å². The number of amides is 2. The van der Waals surface area contributed by atoms with Crippen LogP contribution in [0.5, 0.6) is 0 Å². The molecule has 5 heteroatoms. The largest absolute Gasteiger partial charge is 0.385 e. The second-order valence-corrected chi connectivity index (χ2v) is 7.11. The number of likely N-dealkylation sites (tertiary alicyclic amines) is 1. The zero-order chi connectivity index (χ0) is 19.1. The normalized spacial score (nSPS) is 15.1. The molecule has 27 heavy (non-hydrogen) atoms. The lowest BCUT2D eigenvalue weighted by atomic mass is 9.95. The van der Waals surface area contributed by atoms with Gasteiger partial charge in [0.2, 0.25) is 11.8 Å². The molecule has 1 N–H and O–H groups in total. The van der Waals surface area contributed by atoms with Crippen molar-refractivity contribution in [3.63, 3.8) is 0 Å². The lowest BCUT2D eigenvalue weighted by molar-refractivity contribution is -0.135. The highest BCUT2D eigenvalue weighted by Gasteiger charge is 2.27. The molecule has 0 unspecified atom stereocenters. The average Bonchev–Trinajstić information content (AvgIpc) is 2.71. The third-order valence-electron chi connectivity index (χ3n) is 5.26. The number of hydrogen-bond donors (Lipinski definition) is 1. The molecule has 1 aliphatic heterocycles. The van der Waals surface area contributed by atoms with Crippen molar-refractivity contribution in [1.29, 1.82) is 0 Å². The van der Waals surface area contributed by atoms with E-state index in [1.165, 1.54) is 0 Å². The summed E-state index contributed by atoms with van der Waals surface area (Å²) in [5.74, 6) is 0.256. The van der Waals surface area contributed by atoms with Gasteiger partial charge in [0.1, 0.15) is 0 Å². The number of nitrogens with one attached hydrogen (secondary N) is 1. The molecule has 2 aromatic rings. The number of methoxy groups -OCH3 is 1. The van der Waals surface area contributed by atoms with Crippen molar-refractivity contribution in [1.82, 2.24) is 10.2 Å². The Morgan fingerprint density at radius 2 is 1.85 bits per heavy atom. The van der Waals surface area contributed by atoms with Gasteiger partial charge in [0, 0.05) is 39.3 Å². The van der Waals surface area contributed by atoms with Crippen molar-refractivity contribution < 1.29 is 14.3 Å². The number of piperidine rings is 1. The van der Waals surface area contributed by atoms with Crippen molar-refractivity contribution in [3.8, 4) is 0 Å². The van der Waals surface area contributed by atoms with E-state index in [1.807, 2.05) is 29.2 Å². The molecule has 1 fully saturated rings. The lowest BCUT2D eigenvalue weighted by Gasteiger charge is -2.31. The van der Waals surface area contributed by atoms with Crippen LogP contribution in [0.1, 0.15) is 24.8 Å². The summed E-state index contributed by atoms with van der Waals surface area (Å²) in [5, 5.41) is 5.27. The van der Waals surface area contributed by atoms with Crippen LogP contribution in [0, 0.1) is 5.92 Å². The van der Waals surface area contributed by atoms with E-state index in [0.29, 0.717) is 32.7 Å². The molecule has 0 aromatic heterocycles. The van der Waals surface area contributed by atoms with Gasteiger partial charge in [-0.25, -0.2) is 0 Å². The smallest absolute Gasteiger partial charge is 0.227 e. The predicted octanol–water partition coefficient (Wildman–Crippen LogP) is 2.77. The minimum atomic E-state index is 0.00847. The quantitative estimate of drug-likeness (QED) is 0.765. The maximum atomic E-state index is 12.7. The van der Waals surface area contributed by atoms with Crippen LogP contribution in [-0.4, -0.2) is 50.1 Å². The summed E-state index contributed by atoms with van der Waals surface area (Å²) in [5.41, 5.74) is 1.07. The van der Waals surface area contributed by atoms with E-state index in [9.17, 15) is 9.59 Å². The molecule has 1 aliphatic rings. The molecule has 0 spiro atoms. The summed E-state index contributed by atoms with van der Waals surface area (Å²) in [6.07, 6.45) is 2.70. The van der Waals surface area contributed by atoms with E-state index >= 15 is 0 Å². The van der Waals surface area contributed by atoms with Crippen molar-refractivity contribution in [2.24, 2.45) is 5.92 Å². The first-order valence-corrected chi connectivity index (χ1v) is 9.70. The van der Waals surface area contributed by atoms with Crippen molar-refractivity contribution in [2.45, 2.75) is 25.7 Å². The monoisotopic (exact) mass is 368 g/mol. The van der Waals surface area contributed by atoms with Crippen LogP contribution in [0.2, 0.25) is 0 Å². The fraction of sp³-hybridized carbons (Fsp3) is 0.455. The number of carbonyl (C=O) groups excluding carboxylic acids is 2. The van der Waals surface area contributed by atoms with Gasteiger partial charge in [0.15, 0.2) is 0 Å². The van der Waals surface area contributed by atoms with Gasteiger partial charge in [-0.2, -0.15) is 0 Å². The molecule has 0 aliphatic carbocycles. The maximum Gasteiger partial charge on any atom is 0.227 e. The fourth-order valence-corrected chi connectivity index (χ4v) is 3.68. The zero-order valence-electron chi connectivity index (χ0n) is 15.9. The second kappa shape index (κ2) is 9.51. The highest BCUT2D eigenvalue weighted by molar-refractivity contribution is 5.90. The van der Waals surface area contributed by atoms with Gasteiger partial charge in [-0.05, 0) is 35.6 Å². The molecule has 0 radical (unpaired) electrons. The number of carbonyl (C=O) groups is 2. The Morgan fingerprint density at radius 1 is 1.11 bits per heavy atom. The fourth-order valence-electron chi connectivity index (χ4n) is 3.68. The summed E-state index contributed by atoms with van der Waals surface area (Å²) in [4.78, 5) is 26.9. The van der Waals surface area contributed by atoms with Crippen molar-refractivity contribution in [3.05, 3.63) is 48.0 Å². The van der Waals surface area contributed by atoms with Gasteiger partial charge in [-0.15, -0.1) is 0 Å². The molecule has 2 amide bonds. The molecule has 1 heterocycles. The van der Waals surface area contributed by atoms with Crippen LogP contribution in [0.4, 0.5) is 0 Å². The van der Waals surface area contributed by atoms with Gasteiger partial charge >= 0.3 is 0 Å². The molecule has 1 saturated heterocycles. The van der Waals surface area contributed by atoms with E-state index in [4.69, 9.17) is 4.74 Å². The highest BCUT2D eigenvalue weighted by Crippen LogP contribution is 2.22. The molecule has 144 valence electrons. The third kappa shape index (κ3) is 5.07. The Labute approximate surface area is 160 Å². The van der Waals surface area contributed by atoms with Gasteiger partial charge in [-0.3, -0.25) is 9.59 Å². The van der Waals surface area contributed by atoms with Crippen LogP contribution >= 0.6 is 0 Å². The number of rotatable bonds is 7. The van der Waals surface area contributed by atoms with E-state index < -0.39 is 0 Å². The summed E-state index contributed by atoms with van der Waals surface area (Å²) >= 11 is 0. The lowest BCUT2D eigenvalue weighted by Crippen LogP contribution is -2.43. The Bertz CT molecular complexity index is 777. The number of benzene rings is 2. The average molecular weight is 368 g/mol. The van der Waals surface area contributed by atoms with Crippen molar-refractivity contribution >= 4 is 22.6 Å². The van der Waals surface area contributed by atoms with Gasteiger partial charge < -0.3 is 15.0 Å². The SMILES string of the molecule is COCCCNC(=O)C1CCN(C(=O)Cc2cccc3ccccc23)CC1. The first-order chi connectivity index (χ1) is 13.2. The van der Waals surface area contributed by atoms with E-state index in [-0.39, 0.29) is 17.7 Å². The van der Waals surface area contributed by atoms with Crippen LogP contribution < -0.4 is 5.32 Å². The predicted molar refractivity (Wildman–Crippen MR) is 106 cm³/mol. The standard InChI is InChI=1S/C22H28N2O3/c1-27-15-5-12-23-22(26)18-10-13-24(14-11-18)21(25)16-19-8-4-7-17-6-2-3-9-20(17)19/h2-4,6-9,18H,5,10-16H2,1H3,(H,23,26).